The summed E-state index contributed by atoms with van der Waals surface area (Å²) in [5.41, 5.74) is 1.63. The predicted octanol–water partition coefficient (Wildman–Crippen LogP) is 5.91. The summed E-state index contributed by atoms with van der Waals surface area (Å²) < 4.78 is 10.9. The number of rotatable bonds is 5. The van der Waals surface area contributed by atoms with Gasteiger partial charge in [-0.2, -0.15) is 0 Å². The number of pyridine rings is 1. The first-order valence-corrected chi connectivity index (χ1v) is 10.1. The summed E-state index contributed by atoms with van der Waals surface area (Å²) in [5, 5.41) is 3.73. The molecule has 156 valence electrons. The first-order chi connectivity index (χ1) is 14.9. The number of benzene rings is 2. The first-order valence-electron chi connectivity index (χ1n) is 9.30. The van der Waals surface area contributed by atoms with Gasteiger partial charge in [-0.05, 0) is 43.3 Å². The number of aryl methyl sites for hydroxylation is 1. The molecule has 0 spiro atoms. The van der Waals surface area contributed by atoms with Crippen LogP contribution < -0.4 is 5.32 Å². The molecule has 2 heterocycles. The molecule has 2 aromatic carbocycles. The van der Waals surface area contributed by atoms with Gasteiger partial charge in [-0.1, -0.05) is 47.5 Å². The van der Waals surface area contributed by atoms with Gasteiger partial charge in [-0.15, -0.1) is 0 Å². The molecule has 0 radical (unpaired) electrons. The Morgan fingerprint density at radius 3 is 2.48 bits per heavy atom. The van der Waals surface area contributed by atoms with Crippen molar-refractivity contribution in [3.8, 4) is 11.5 Å². The van der Waals surface area contributed by atoms with E-state index in [2.05, 4.69) is 10.3 Å². The van der Waals surface area contributed by atoms with Crippen molar-refractivity contribution >= 4 is 51.7 Å². The molecule has 4 rings (SSSR count). The van der Waals surface area contributed by atoms with Crippen molar-refractivity contribution in [3.63, 3.8) is 0 Å². The van der Waals surface area contributed by atoms with Gasteiger partial charge in [0.2, 0.25) is 0 Å². The lowest BCUT2D eigenvalue weighted by molar-refractivity contribution is -0.119. The van der Waals surface area contributed by atoms with Crippen molar-refractivity contribution in [3.05, 3.63) is 82.0 Å². The minimum atomic E-state index is -0.663. The van der Waals surface area contributed by atoms with Crippen molar-refractivity contribution in [1.82, 2.24) is 4.98 Å². The number of aromatic nitrogens is 1. The number of anilines is 1. The van der Waals surface area contributed by atoms with Crippen LogP contribution in [0.2, 0.25) is 10.0 Å². The molecule has 0 fully saturated rings. The molecular formula is C23H16Cl2N2O4. The fraction of sp³-hybridized carbons (Fsp3) is 0.0870. The summed E-state index contributed by atoms with van der Waals surface area (Å²) in [6.45, 7) is 1.32. The van der Waals surface area contributed by atoms with Crippen LogP contribution in [0, 0.1) is 6.92 Å². The number of halogens is 2. The van der Waals surface area contributed by atoms with E-state index in [1.54, 1.807) is 48.5 Å². The summed E-state index contributed by atoms with van der Waals surface area (Å²) in [4.78, 5) is 29.7. The smallest absolute Gasteiger partial charge is 0.339 e. The maximum absolute atomic E-state index is 12.8. The molecule has 0 aliphatic rings. The minimum absolute atomic E-state index is 0.261. The van der Waals surface area contributed by atoms with Crippen LogP contribution in [-0.4, -0.2) is 23.5 Å². The lowest BCUT2D eigenvalue weighted by atomic mass is 10.1. The summed E-state index contributed by atoms with van der Waals surface area (Å²) >= 11 is 12.1. The summed E-state index contributed by atoms with van der Waals surface area (Å²) in [5.74, 6) is 0.0273. The number of fused-ring (bicyclic) bond motifs is 1. The summed E-state index contributed by atoms with van der Waals surface area (Å²) in [6.07, 6.45) is 0. The molecule has 1 amide bonds. The number of hydrogen-bond acceptors (Lipinski definition) is 5. The molecule has 0 atom stereocenters. The Bertz CT molecular complexity index is 1280. The number of carbonyl (C=O) groups excluding carboxylic acids is 2. The van der Waals surface area contributed by atoms with Gasteiger partial charge >= 0.3 is 5.97 Å². The zero-order valence-electron chi connectivity index (χ0n) is 16.3. The monoisotopic (exact) mass is 454 g/mol. The predicted molar refractivity (Wildman–Crippen MR) is 120 cm³/mol. The molecule has 31 heavy (non-hydrogen) atoms. The molecule has 0 bridgehead atoms. The zero-order chi connectivity index (χ0) is 22.0. The van der Waals surface area contributed by atoms with Crippen LogP contribution in [0.25, 0.3) is 22.4 Å². The number of nitrogens with zero attached hydrogens (tertiary/aromatic N) is 1. The van der Waals surface area contributed by atoms with Crippen molar-refractivity contribution in [2.45, 2.75) is 6.92 Å². The van der Waals surface area contributed by atoms with E-state index in [4.69, 9.17) is 32.4 Å². The largest absolute Gasteiger partial charge is 0.460 e. The van der Waals surface area contributed by atoms with Gasteiger partial charge in [0, 0.05) is 5.39 Å². The number of furan rings is 1. The number of hydrogen-bond donors (Lipinski definition) is 1. The Hall–Kier alpha value is -3.35. The highest BCUT2D eigenvalue weighted by molar-refractivity contribution is 6.39. The summed E-state index contributed by atoms with van der Waals surface area (Å²) in [7, 11) is 0. The van der Waals surface area contributed by atoms with Crippen molar-refractivity contribution in [1.29, 1.82) is 0 Å². The second-order valence-corrected chi connectivity index (χ2v) is 7.52. The number of nitrogens with one attached hydrogen (secondary N) is 1. The zero-order valence-corrected chi connectivity index (χ0v) is 17.8. The van der Waals surface area contributed by atoms with E-state index >= 15 is 0 Å². The van der Waals surface area contributed by atoms with Gasteiger partial charge in [0.1, 0.15) is 11.5 Å². The Morgan fingerprint density at radius 1 is 1.03 bits per heavy atom. The van der Waals surface area contributed by atoms with E-state index in [9.17, 15) is 9.59 Å². The molecule has 1 N–H and O–H groups in total. The highest BCUT2D eigenvalue weighted by Gasteiger charge is 2.18. The first kappa shape index (κ1) is 20.9. The fourth-order valence-corrected chi connectivity index (χ4v) is 3.54. The van der Waals surface area contributed by atoms with Crippen LogP contribution in [0.1, 0.15) is 16.1 Å². The van der Waals surface area contributed by atoms with Gasteiger partial charge in [-0.3, -0.25) is 4.79 Å². The molecule has 0 aliphatic heterocycles. The molecule has 0 saturated carbocycles. The van der Waals surface area contributed by atoms with E-state index < -0.39 is 18.5 Å². The second-order valence-electron chi connectivity index (χ2n) is 6.70. The summed E-state index contributed by atoms with van der Waals surface area (Å²) in [6, 6.07) is 17.2. The maximum Gasteiger partial charge on any atom is 0.339 e. The number of carbonyl (C=O) groups is 2. The van der Waals surface area contributed by atoms with Crippen molar-refractivity contribution in [2.75, 3.05) is 11.9 Å². The van der Waals surface area contributed by atoms with E-state index in [1.165, 1.54) is 0 Å². The molecule has 8 heteroatoms. The van der Waals surface area contributed by atoms with Crippen LogP contribution in [0.4, 0.5) is 5.69 Å². The van der Waals surface area contributed by atoms with Crippen LogP contribution >= 0.6 is 23.2 Å². The molecule has 2 aromatic heterocycles. The number of para-hydroxylation sites is 2. The van der Waals surface area contributed by atoms with Crippen LogP contribution in [-0.2, 0) is 9.53 Å². The molecule has 6 nitrogen and oxygen atoms in total. The van der Waals surface area contributed by atoms with Gasteiger partial charge < -0.3 is 14.5 Å². The average molecular weight is 455 g/mol. The number of amides is 1. The van der Waals surface area contributed by atoms with Crippen LogP contribution in [0.3, 0.4) is 0 Å². The van der Waals surface area contributed by atoms with Gasteiger partial charge in [0.15, 0.2) is 12.4 Å². The molecular weight excluding hydrogens is 439 g/mol. The standard InChI is InChI=1S/C23H16Cl2N2O4/c1-13-9-10-20(31-13)19-11-15(14-5-2-3-8-18(14)26-19)23(29)30-12-21(28)27-22-16(24)6-4-7-17(22)25/h2-11H,12H2,1H3,(H,27,28). The van der Waals surface area contributed by atoms with E-state index in [0.29, 0.717) is 22.4 Å². The average Bonchev–Trinajstić information content (AvgIpc) is 3.20. The van der Waals surface area contributed by atoms with E-state index in [0.717, 1.165) is 5.76 Å². The third-order valence-electron chi connectivity index (χ3n) is 4.49. The molecule has 0 aliphatic carbocycles. The molecule has 0 unspecified atom stereocenters. The van der Waals surface area contributed by atoms with Crippen molar-refractivity contribution in [2.24, 2.45) is 0 Å². The van der Waals surface area contributed by atoms with Crippen LogP contribution in [0.15, 0.2) is 65.1 Å². The van der Waals surface area contributed by atoms with Crippen molar-refractivity contribution < 1.29 is 18.7 Å². The second kappa shape index (κ2) is 8.79. The third-order valence-corrected chi connectivity index (χ3v) is 5.12. The van der Waals surface area contributed by atoms with E-state index in [-0.39, 0.29) is 21.3 Å². The lowest BCUT2D eigenvalue weighted by Crippen LogP contribution is -2.21. The van der Waals surface area contributed by atoms with E-state index in [1.807, 2.05) is 19.1 Å². The quantitative estimate of drug-likeness (QED) is 0.379. The fourth-order valence-electron chi connectivity index (χ4n) is 3.04. The molecule has 0 saturated heterocycles. The van der Waals surface area contributed by atoms with Gasteiger partial charge in [0.05, 0.1) is 26.8 Å². The topological polar surface area (TPSA) is 81.4 Å². The normalized spacial score (nSPS) is 10.8. The highest BCUT2D eigenvalue weighted by atomic mass is 35.5. The number of ether oxygens (including phenoxy) is 1. The Morgan fingerprint density at radius 2 is 1.77 bits per heavy atom. The molecule has 4 aromatic rings. The maximum atomic E-state index is 12.8. The SMILES string of the molecule is Cc1ccc(-c2cc(C(=O)OCC(=O)Nc3c(Cl)cccc3Cl)c3ccccc3n2)o1. The van der Waals surface area contributed by atoms with Gasteiger partial charge in [0.25, 0.3) is 5.91 Å². The minimum Gasteiger partial charge on any atom is -0.460 e. The Balaban J connectivity index is 1.56. The lowest BCUT2D eigenvalue weighted by Gasteiger charge is -2.11. The third kappa shape index (κ3) is 4.55. The van der Waals surface area contributed by atoms with Gasteiger partial charge in [-0.25, -0.2) is 9.78 Å². The highest BCUT2D eigenvalue weighted by Crippen LogP contribution is 2.30. The Labute approximate surface area is 187 Å². The Kier molecular flexibility index (Phi) is 5.93. The van der Waals surface area contributed by atoms with Crippen LogP contribution in [0.5, 0.6) is 0 Å². The number of esters is 1.